The van der Waals surface area contributed by atoms with Gasteiger partial charge in [-0.25, -0.2) is 0 Å². The molecule has 12 heavy (non-hydrogen) atoms. The van der Waals surface area contributed by atoms with Crippen molar-refractivity contribution < 1.29 is 9.90 Å². The first-order chi connectivity index (χ1) is 5.59. The van der Waals surface area contributed by atoms with Crippen molar-refractivity contribution in [1.29, 1.82) is 0 Å². The van der Waals surface area contributed by atoms with Gasteiger partial charge in [0.25, 0.3) is 0 Å². The molecule has 1 saturated carbocycles. The van der Waals surface area contributed by atoms with Gasteiger partial charge in [0.15, 0.2) is 0 Å². The predicted molar refractivity (Wildman–Crippen MR) is 45.4 cm³/mol. The van der Waals surface area contributed by atoms with Gasteiger partial charge in [-0.2, -0.15) is 0 Å². The quantitative estimate of drug-likeness (QED) is 0.520. The number of rotatable bonds is 4. The van der Waals surface area contributed by atoms with Crippen LogP contribution in [0.1, 0.15) is 19.8 Å². The highest BCUT2D eigenvalue weighted by Gasteiger charge is 2.27. The molecule has 4 N–H and O–H groups in total. The van der Waals surface area contributed by atoms with E-state index in [2.05, 4.69) is 5.32 Å². The van der Waals surface area contributed by atoms with E-state index in [1.165, 1.54) is 0 Å². The monoisotopic (exact) mass is 172 g/mol. The molecule has 0 bridgehead atoms. The van der Waals surface area contributed by atoms with Gasteiger partial charge in [-0.3, -0.25) is 4.79 Å². The van der Waals surface area contributed by atoms with Crippen molar-refractivity contribution in [1.82, 2.24) is 5.32 Å². The van der Waals surface area contributed by atoms with Gasteiger partial charge < -0.3 is 16.2 Å². The lowest BCUT2D eigenvalue weighted by atomic mass is 9.89. The van der Waals surface area contributed by atoms with Crippen LogP contribution in [0.25, 0.3) is 0 Å². The lowest BCUT2D eigenvalue weighted by Gasteiger charge is -2.32. The Morgan fingerprint density at radius 2 is 2.33 bits per heavy atom. The minimum absolute atomic E-state index is 0.122. The number of carbonyl (C=O) groups is 1. The molecule has 0 saturated heterocycles. The van der Waals surface area contributed by atoms with Crippen molar-refractivity contribution in [2.24, 2.45) is 11.7 Å². The Hall–Kier alpha value is -0.610. The van der Waals surface area contributed by atoms with Gasteiger partial charge in [-0.05, 0) is 12.8 Å². The predicted octanol–water partition coefficient (Wildman–Crippen LogP) is -0.779. The summed E-state index contributed by atoms with van der Waals surface area (Å²) in [5.41, 5.74) is 5.08. The van der Waals surface area contributed by atoms with Gasteiger partial charge >= 0.3 is 0 Å². The molecule has 0 aromatic heterocycles. The molecule has 0 heterocycles. The largest absolute Gasteiger partial charge is 0.393 e. The highest BCUT2D eigenvalue weighted by atomic mass is 16.3. The van der Waals surface area contributed by atoms with Crippen LogP contribution in [0.4, 0.5) is 0 Å². The molecule has 1 atom stereocenters. The van der Waals surface area contributed by atoms with E-state index in [-0.39, 0.29) is 17.9 Å². The third-order valence-corrected chi connectivity index (χ3v) is 2.31. The number of aliphatic hydroxyl groups is 1. The highest BCUT2D eigenvalue weighted by molar-refractivity contribution is 5.76. The Bertz CT molecular complexity index is 166. The first kappa shape index (κ1) is 9.48. The molecule has 1 unspecified atom stereocenters. The minimum Gasteiger partial charge on any atom is -0.393 e. The van der Waals surface area contributed by atoms with Crippen LogP contribution in [0.2, 0.25) is 0 Å². The van der Waals surface area contributed by atoms with Gasteiger partial charge in [0.05, 0.1) is 6.10 Å². The number of carbonyl (C=O) groups excluding carboxylic acids is 1. The summed E-state index contributed by atoms with van der Waals surface area (Å²) in [7, 11) is 0. The van der Waals surface area contributed by atoms with E-state index in [4.69, 9.17) is 10.8 Å². The molecule has 0 aromatic carbocycles. The Labute approximate surface area is 72.1 Å². The van der Waals surface area contributed by atoms with Crippen LogP contribution >= 0.6 is 0 Å². The Balaban J connectivity index is 2.06. The number of nitrogens with one attached hydrogen (secondary N) is 1. The molecule has 0 aromatic rings. The van der Waals surface area contributed by atoms with Crippen LogP contribution in [-0.2, 0) is 4.79 Å². The van der Waals surface area contributed by atoms with Crippen LogP contribution in [0, 0.1) is 5.92 Å². The van der Waals surface area contributed by atoms with Gasteiger partial charge in [-0.15, -0.1) is 0 Å². The smallest absolute Gasteiger partial charge is 0.221 e. The molecule has 4 heteroatoms. The number of hydrogen-bond donors (Lipinski definition) is 3. The molecule has 4 nitrogen and oxygen atoms in total. The molecule has 0 spiro atoms. The first-order valence-electron chi connectivity index (χ1n) is 4.30. The van der Waals surface area contributed by atoms with Crippen molar-refractivity contribution in [3.05, 3.63) is 0 Å². The fraction of sp³-hybridized carbons (Fsp3) is 0.875. The molecule has 1 aliphatic carbocycles. The zero-order valence-corrected chi connectivity index (χ0v) is 7.29. The summed E-state index contributed by atoms with van der Waals surface area (Å²) in [4.78, 5) is 10.6. The summed E-state index contributed by atoms with van der Waals surface area (Å²) in [6.45, 7) is 2.41. The van der Waals surface area contributed by atoms with Crippen LogP contribution in [0.15, 0.2) is 0 Å². The third-order valence-electron chi connectivity index (χ3n) is 2.31. The summed E-state index contributed by atoms with van der Waals surface area (Å²) in [6.07, 6.45) is 1.45. The van der Waals surface area contributed by atoms with Gasteiger partial charge in [0.1, 0.15) is 0 Å². The topological polar surface area (TPSA) is 75.3 Å². The van der Waals surface area contributed by atoms with E-state index in [1.54, 1.807) is 6.92 Å². The second-order valence-electron chi connectivity index (χ2n) is 3.53. The van der Waals surface area contributed by atoms with E-state index in [9.17, 15) is 4.79 Å². The standard InChI is InChI=1S/C8H16N2O2/c1-5(8(9)12)4-10-6-2-7(11)3-6/h5-7,10-11H,2-4H2,1H3,(H2,9,12). The summed E-state index contributed by atoms with van der Waals surface area (Å²) >= 11 is 0. The fourth-order valence-corrected chi connectivity index (χ4v) is 1.20. The van der Waals surface area contributed by atoms with Gasteiger partial charge in [0, 0.05) is 18.5 Å². The normalized spacial score (nSPS) is 30.8. The maximum Gasteiger partial charge on any atom is 0.221 e. The molecular formula is C8H16N2O2. The summed E-state index contributed by atoms with van der Waals surface area (Å²) < 4.78 is 0. The van der Waals surface area contributed by atoms with E-state index < -0.39 is 0 Å². The molecule has 1 fully saturated rings. The molecular weight excluding hydrogens is 156 g/mol. The number of nitrogens with two attached hydrogens (primary N) is 1. The van der Waals surface area contributed by atoms with Gasteiger partial charge in [0.2, 0.25) is 5.91 Å². The number of amides is 1. The van der Waals surface area contributed by atoms with Crippen molar-refractivity contribution in [2.45, 2.75) is 31.9 Å². The summed E-state index contributed by atoms with van der Waals surface area (Å²) in [5.74, 6) is -0.398. The van der Waals surface area contributed by atoms with Crippen LogP contribution < -0.4 is 11.1 Å². The lowest BCUT2D eigenvalue weighted by molar-refractivity contribution is -0.121. The molecule has 1 aliphatic rings. The van der Waals surface area contributed by atoms with Crippen molar-refractivity contribution >= 4 is 5.91 Å². The fourth-order valence-electron chi connectivity index (χ4n) is 1.20. The number of aliphatic hydroxyl groups excluding tert-OH is 1. The third kappa shape index (κ3) is 2.46. The second kappa shape index (κ2) is 3.87. The van der Waals surface area contributed by atoms with E-state index in [0.29, 0.717) is 12.6 Å². The molecule has 70 valence electrons. The van der Waals surface area contributed by atoms with Crippen LogP contribution in [0.3, 0.4) is 0 Å². The maximum absolute atomic E-state index is 10.6. The van der Waals surface area contributed by atoms with Crippen LogP contribution in [0.5, 0.6) is 0 Å². The van der Waals surface area contributed by atoms with Crippen molar-refractivity contribution in [3.8, 4) is 0 Å². The van der Waals surface area contributed by atoms with E-state index in [1.807, 2.05) is 0 Å². The van der Waals surface area contributed by atoms with Crippen LogP contribution in [-0.4, -0.2) is 29.7 Å². The summed E-state index contributed by atoms with van der Waals surface area (Å²) in [6, 6.07) is 0.377. The Kier molecular flexibility index (Phi) is 3.05. The molecule has 0 aliphatic heterocycles. The number of hydrogen-bond acceptors (Lipinski definition) is 3. The average Bonchev–Trinajstić information content (AvgIpc) is 1.95. The molecule has 1 amide bonds. The zero-order chi connectivity index (χ0) is 9.14. The summed E-state index contributed by atoms with van der Waals surface area (Å²) in [5, 5.41) is 12.1. The van der Waals surface area contributed by atoms with E-state index in [0.717, 1.165) is 12.8 Å². The van der Waals surface area contributed by atoms with E-state index >= 15 is 0 Å². The molecule has 1 rings (SSSR count). The van der Waals surface area contributed by atoms with Gasteiger partial charge in [-0.1, -0.05) is 6.92 Å². The Morgan fingerprint density at radius 3 is 2.75 bits per heavy atom. The number of primary amides is 1. The highest BCUT2D eigenvalue weighted by Crippen LogP contribution is 2.19. The van der Waals surface area contributed by atoms with Crippen molar-refractivity contribution in [2.75, 3.05) is 6.54 Å². The lowest BCUT2D eigenvalue weighted by Crippen LogP contribution is -2.46. The minimum atomic E-state index is -0.276. The average molecular weight is 172 g/mol. The SMILES string of the molecule is CC(CNC1CC(O)C1)C(N)=O. The second-order valence-corrected chi connectivity index (χ2v) is 3.53. The Morgan fingerprint density at radius 1 is 1.75 bits per heavy atom. The first-order valence-corrected chi connectivity index (χ1v) is 4.30. The zero-order valence-electron chi connectivity index (χ0n) is 7.29. The maximum atomic E-state index is 10.6. The van der Waals surface area contributed by atoms with Crippen molar-refractivity contribution in [3.63, 3.8) is 0 Å². The molecule has 0 radical (unpaired) electrons.